The fourth-order valence-corrected chi connectivity index (χ4v) is 5.16. The summed E-state index contributed by atoms with van der Waals surface area (Å²) in [4.78, 5) is 20.0. The molecule has 2 aromatic rings. The zero-order valence-electron chi connectivity index (χ0n) is 20.4. The number of carbonyl (C=O) groups excluding carboxylic acids is 1. The molecule has 0 spiro atoms. The molecule has 0 bridgehead atoms. The summed E-state index contributed by atoms with van der Waals surface area (Å²) in [5, 5.41) is 29.9. The van der Waals surface area contributed by atoms with Gasteiger partial charge in [0, 0.05) is 24.4 Å². The molecule has 9 nitrogen and oxygen atoms in total. The lowest BCUT2D eigenvalue weighted by atomic mass is 9.72. The van der Waals surface area contributed by atoms with Gasteiger partial charge in [-0.3, -0.25) is 4.79 Å². The van der Waals surface area contributed by atoms with Crippen molar-refractivity contribution in [2.75, 3.05) is 44.8 Å². The third-order valence-electron chi connectivity index (χ3n) is 7.27. The van der Waals surface area contributed by atoms with Crippen molar-refractivity contribution < 1.29 is 34.0 Å². The van der Waals surface area contributed by atoms with Gasteiger partial charge in [-0.25, -0.2) is 9.37 Å². The summed E-state index contributed by atoms with van der Waals surface area (Å²) in [6, 6.07) is 6.74. The molecule has 11 heteroatoms. The molecule has 0 radical (unpaired) electrons. The van der Waals surface area contributed by atoms with Gasteiger partial charge >= 0.3 is 0 Å². The molecule has 0 aliphatic carbocycles. The third kappa shape index (κ3) is 4.95. The van der Waals surface area contributed by atoms with E-state index in [0.717, 1.165) is 11.8 Å². The number of nitrogens with zero attached hydrogens (tertiary/aromatic N) is 3. The van der Waals surface area contributed by atoms with E-state index in [0.29, 0.717) is 30.4 Å². The fourth-order valence-electron chi connectivity index (χ4n) is 4.89. The number of carbonyl (C=O) groups is 1. The predicted molar refractivity (Wildman–Crippen MR) is 131 cm³/mol. The summed E-state index contributed by atoms with van der Waals surface area (Å²) in [6.07, 6.45) is -1.30. The molecule has 196 valence electrons. The Hall–Kier alpha value is -2.66. The number of ether oxygens (including phenoxy) is 2. The van der Waals surface area contributed by atoms with Crippen molar-refractivity contribution in [2.45, 2.75) is 38.1 Å². The quantitative estimate of drug-likeness (QED) is 0.480. The highest BCUT2D eigenvalue weighted by molar-refractivity contribution is 6.33. The Morgan fingerprint density at radius 3 is 2.61 bits per heavy atom. The van der Waals surface area contributed by atoms with Crippen molar-refractivity contribution >= 4 is 23.3 Å². The molecule has 1 amide bonds. The van der Waals surface area contributed by atoms with Gasteiger partial charge in [0.1, 0.15) is 17.7 Å². The van der Waals surface area contributed by atoms with Crippen LogP contribution in [0.4, 0.5) is 10.2 Å². The first-order chi connectivity index (χ1) is 17.1. The van der Waals surface area contributed by atoms with Crippen LogP contribution in [0.25, 0.3) is 0 Å². The number of benzene rings is 1. The lowest BCUT2D eigenvalue weighted by Crippen LogP contribution is -2.54. The molecule has 4 rings (SSSR count). The van der Waals surface area contributed by atoms with Crippen molar-refractivity contribution in [1.29, 1.82) is 0 Å². The highest BCUT2D eigenvalue weighted by atomic mass is 35.5. The molecule has 0 saturated carbocycles. The molecule has 36 heavy (non-hydrogen) atoms. The minimum atomic E-state index is -1.50. The van der Waals surface area contributed by atoms with Crippen LogP contribution in [0.15, 0.2) is 30.5 Å². The van der Waals surface area contributed by atoms with Crippen LogP contribution >= 0.6 is 11.6 Å². The molecule has 3 heterocycles. The first-order valence-electron chi connectivity index (χ1n) is 11.7. The van der Waals surface area contributed by atoms with E-state index < -0.39 is 36.0 Å². The highest BCUT2D eigenvalue weighted by Gasteiger charge is 2.49. The minimum absolute atomic E-state index is 0.179. The Labute approximate surface area is 214 Å². The normalized spacial score (nSPS) is 23.8. The number of anilines is 1. The fraction of sp³-hybridized carbons (Fsp3) is 0.520. The summed E-state index contributed by atoms with van der Waals surface area (Å²) in [7, 11) is 1.54. The summed E-state index contributed by atoms with van der Waals surface area (Å²) in [6.45, 7) is 4.43. The van der Waals surface area contributed by atoms with Gasteiger partial charge in [0.25, 0.3) is 5.91 Å². The molecular weight excluding hydrogens is 493 g/mol. The highest BCUT2D eigenvalue weighted by Crippen LogP contribution is 2.47. The van der Waals surface area contributed by atoms with Crippen molar-refractivity contribution in [3.05, 3.63) is 46.9 Å². The molecule has 1 aromatic heterocycles. The second kappa shape index (κ2) is 10.4. The number of hydrogen-bond donors (Lipinski definition) is 3. The molecular formula is C25H31ClFN3O6. The topological polar surface area (TPSA) is 116 Å². The molecule has 2 aliphatic rings. The molecule has 2 saturated heterocycles. The summed E-state index contributed by atoms with van der Waals surface area (Å²) >= 11 is 6.12. The van der Waals surface area contributed by atoms with Gasteiger partial charge in [-0.1, -0.05) is 24.6 Å². The summed E-state index contributed by atoms with van der Waals surface area (Å²) in [5.74, 6) is 0.231. The zero-order chi connectivity index (χ0) is 26.2. The van der Waals surface area contributed by atoms with E-state index in [1.807, 2.05) is 24.0 Å². The molecule has 4 atom stereocenters. The largest absolute Gasteiger partial charge is 0.493 e. The second-order valence-electron chi connectivity index (χ2n) is 9.67. The van der Waals surface area contributed by atoms with Gasteiger partial charge in [0.2, 0.25) is 0 Å². The van der Waals surface area contributed by atoms with Gasteiger partial charge in [-0.05, 0) is 30.7 Å². The van der Waals surface area contributed by atoms with Crippen LogP contribution in [0.3, 0.4) is 0 Å². The SMILES string of the molecule is COc1ccc([C@@H]2CN(C(=O)[C@@H](O)CO)C[C@@]2(C)[C@@H](C)O)cc1OC1CN(c2ncc(F)cc2Cl)C1. The number of aromatic nitrogens is 1. The monoisotopic (exact) mass is 523 g/mol. The maximum Gasteiger partial charge on any atom is 0.253 e. The number of amides is 1. The number of hydrogen-bond acceptors (Lipinski definition) is 8. The number of rotatable bonds is 8. The summed E-state index contributed by atoms with van der Waals surface area (Å²) in [5.41, 5.74) is 0.164. The van der Waals surface area contributed by atoms with Gasteiger partial charge in [-0.2, -0.15) is 0 Å². The lowest BCUT2D eigenvalue weighted by Gasteiger charge is -2.40. The zero-order valence-corrected chi connectivity index (χ0v) is 21.2. The van der Waals surface area contributed by atoms with E-state index in [4.69, 9.17) is 21.1 Å². The Kier molecular flexibility index (Phi) is 7.61. The second-order valence-corrected chi connectivity index (χ2v) is 10.1. The van der Waals surface area contributed by atoms with Gasteiger partial charge in [0.15, 0.2) is 17.6 Å². The van der Waals surface area contributed by atoms with Crippen LogP contribution in [0, 0.1) is 11.2 Å². The summed E-state index contributed by atoms with van der Waals surface area (Å²) < 4.78 is 25.0. The van der Waals surface area contributed by atoms with Crippen LogP contribution < -0.4 is 14.4 Å². The molecule has 3 N–H and O–H groups in total. The van der Waals surface area contributed by atoms with Gasteiger partial charge < -0.3 is 34.6 Å². The number of likely N-dealkylation sites (tertiary alicyclic amines) is 1. The minimum Gasteiger partial charge on any atom is -0.493 e. The van der Waals surface area contributed by atoms with Crippen molar-refractivity contribution in [3.63, 3.8) is 0 Å². The van der Waals surface area contributed by atoms with E-state index in [1.165, 1.54) is 11.0 Å². The van der Waals surface area contributed by atoms with E-state index in [9.17, 15) is 24.5 Å². The maximum absolute atomic E-state index is 13.3. The Balaban J connectivity index is 1.53. The molecule has 0 unspecified atom stereocenters. The number of halogens is 2. The Bertz CT molecular complexity index is 1120. The van der Waals surface area contributed by atoms with E-state index in [2.05, 4.69) is 4.98 Å². The standard InChI is InChI=1S/C25H31ClFN3O6/c1-14(32)25(2)13-30(24(34)20(33)12-31)11-18(25)15-4-5-21(35-3)22(6-15)36-17-9-29(10-17)23-19(26)7-16(27)8-28-23/h4-8,14,17-18,20,31-33H,9-13H2,1-3H3/t14-,18+,20+,25+/m1/s1. The number of methoxy groups -OCH3 is 1. The van der Waals surface area contributed by atoms with Crippen LogP contribution in [0.2, 0.25) is 5.02 Å². The average molecular weight is 524 g/mol. The molecule has 1 aromatic carbocycles. The number of aliphatic hydroxyl groups is 3. The number of pyridine rings is 1. The first kappa shape index (κ1) is 26.4. The van der Waals surface area contributed by atoms with E-state index in [1.54, 1.807) is 20.1 Å². The number of aliphatic hydroxyl groups excluding tert-OH is 3. The van der Waals surface area contributed by atoms with Crippen LogP contribution in [0.1, 0.15) is 25.3 Å². The Morgan fingerprint density at radius 1 is 1.28 bits per heavy atom. The van der Waals surface area contributed by atoms with Crippen LogP contribution in [-0.2, 0) is 4.79 Å². The van der Waals surface area contributed by atoms with E-state index >= 15 is 0 Å². The van der Waals surface area contributed by atoms with Crippen molar-refractivity contribution in [2.24, 2.45) is 5.41 Å². The molecule has 2 aliphatic heterocycles. The third-order valence-corrected chi connectivity index (χ3v) is 7.55. The van der Waals surface area contributed by atoms with Gasteiger partial charge in [0.05, 0.1) is 44.1 Å². The average Bonchev–Trinajstić information content (AvgIpc) is 3.19. The smallest absolute Gasteiger partial charge is 0.253 e. The van der Waals surface area contributed by atoms with Crippen LogP contribution in [0.5, 0.6) is 11.5 Å². The lowest BCUT2D eigenvalue weighted by molar-refractivity contribution is -0.141. The molecule has 2 fully saturated rings. The maximum atomic E-state index is 13.3. The predicted octanol–water partition coefficient (Wildman–Crippen LogP) is 1.82. The van der Waals surface area contributed by atoms with Gasteiger partial charge in [-0.15, -0.1) is 0 Å². The van der Waals surface area contributed by atoms with Crippen molar-refractivity contribution in [1.82, 2.24) is 9.88 Å². The van der Waals surface area contributed by atoms with E-state index in [-0.39, 0.29) is 30.1 Å². The van der Waals surface area contributed by atoms with Crippen molar-refractivity contribution in [3.8, 4) is 11.5 Å². The first-order valence-corrected chi connectivity index (χ1v) is 12.1. The Morgan fingerprint density at radius 2 is 2.00 bits per heavy atom. The van der Waals surface area contributed by atoms with Crippen LogP contribution in [-0.4, -0.2) is 89.3 Å².